The van der Waals surface area contributed by atoms with Crippen LogP contribution in [0.3, 0.4) is 0 Å². The summed E-state index contributed by atoms with van der Waals surface area (Å²) >= 11 is 9.43. The van der Waals surface area contributed by atoms with Gasteiger partial charge in [-0.1, -0.05) is 104 Å². The van der Waals surface area contributed by atoms with Gasteiger partial charge in [-0.05, 0) is 370 Å². The molecule has 10 aliphatic rings. The maximum atomic E-state index is 10.8. The Balaban J connectivity index is 0.000000102. The fourth-order valence-electron chi connectivity index (χ4n) is 19.5. The van der Waals surface area contributed by atoms with E-state index in [0.717, 1.165) is 65.7 Å². The number of phenolic OH excluding ortho intramolecular Hbond substituents is 3. The lowest BCUT2D eigenvalue weighted by atomic mass is 9.64. The topological polar surface area (TPSA) is 98.0 Å². The Morgan fingerprint density at radius 2 is 0.570 bits per heavy atom. The summed E-state index contributed by atoms with van der Waals surface area (Å²) in [5.74, 6) is 9.12. The van der Waals surface area contributed by atoms with Crippen molar-refractivity contribution in [1.82, 2.24) is 0 Å². The van der Waals surface area contributed by atoms with Crippen LogP contribution < -0.4 is 0 Å². The molecule has 0 heterocycles. The molecule has 0 spiro atoms. The second kappa shape index (κ2) is 25.6. The average molecular weight is 1600 g/mol. The number of benzene rings is 7. The van der Waals surface area contributed by atoms with Gasteiger partial charge in [-0.25, -0.2) is 0 Å². The molecule has 86 heavy (non-hydrogen) atoms. The lowest BCUT2D eigenvalue weighted by Crippen LogP contribution is -2.33. The van der Waals surface area contributed by atoms with Gasteiger partial charge >= 0.3 is 0 Å². The largest absolute Gasteiger partial charge is 0.508 e. The number of Topliss-reactive ketones (excluding diaryl/α,β-unsaturated/α-hetero) is 1. The van der Waals surface area contributed by atoms with E-state index in [-0.39, 0.29) is 16.2 Å². The van der Waals surface area contributed by atoms with Crippen LogP contribution in [0.4, 0.5) is 0 Å². The molecular weight excluding hydrogens is 1510 g/mol. The summed E-state index contributed by atoms with van der Waals surface area (Å²) in [4.78, 5) is 10.8. The Hall–Kier alpha value is -3.51. The molecule has 10 aliphatic carbocycles. The zero-order valence-electron chi connectivity index (χ0n) is 49.3. The minimum absolute atomic E-state index is 0.168. The van der Waals surface area contributed by atoms with Gasteiger partial charge in [0.25, 0.3) is 0 Å². The third-order valence-electron chi connectivity index (χ3n) is 23.4. The summed E-state index contributed by atoms with van der Waals surface area (Å²) in [5, 5.41) is 39.6. The van der Waals surface area contributed by atoms with Crippen LogP contribution in [0.1, 0.15) is 167 Å². The first-order chi connectivity index (χ1) is 41.6. The maximum absolute atomic E-state index is 10.8. The summed E-state index contributed by atoms with van der Waals surface area (Å²) in [5.41, 5.74) is 9.66. The fourth-order valence-corrected chi connectivity index (χ4v) is 21.0. The van der Waals surface area contributed by atoms with Crippen molar-refractivity contribution in [2.24, 2.45) is 59.2 Å². The van der Waals surface area contributed by atoms with Crippen LogP contribution in [0.2, 0.25) is 0 Å². The first-order valence-corrected chi connectivity index (χ1v) is 36.6. The molecule has 0 aliphatic heterocycles. The van der Waals surface area contributed by atoms with Gasteiger partial charge in [0.1, 0.15) is 23.0 Å². The smallest absolute Gasteiger partial charge is 0.136 e. The monoisotopic (exact) mass is 1590 g/mol. The predicted octanol–water partition coefficient (Wildman–Crippen LogP) is 20.0. The Bertz CT molecular complexity index is 3040. The molecule has 448 valence electrons. The third kappa shape index (κ3) is 12.0. The molecule has 7 aromatic carbocycles. The van der Waals surface area contributed by atoms with E-state index >= 15 is 0 Å². The molecule has 0 amide bonds. The van der Waals surface area contributed by atoms with Gasteiger partial charge in [-0.15, -0.1) is 0 Å². The molecule has 0 saturated heterocycles. The van der Waals surface area contributed by atoms with Crippen molar-refractivity contribution in [3.63, 3.8) is 0 Å². The number of phenols is 3. The summed E-state index contributed by atoms with van der Waals surface area (Å²) in [6, 6.07) is 59.5. The van der Waals surface area contributed by atoms with Crippen LogP contribution in [0.15, 0.2) is 170 Å². The number of halogens is 4. The van der Waals surface area contributed by atoms with Crippen molar-refractivity contribution in [2.75, 3.05) is 0 Å². The number of carbonyl (C=O) groups is 1. The van der Waals surface area contributed by atoms with Crippen LogP contribution in [0.25, 0.3) is 0 Å². The third-order valence-corrected chi connectivity index (χ3v) is 26.3. The number of ketones is 1. The van der Waals surface area contributed by atoms with Crippen molar-refractivity contribution in [2.45, 2.75) is 150 Å². The predicted molar refractivity (Wildman–Crippen MR) is 379 cm³/mol. The van der Waals surface area contributed by atoms with Gasteiger partial charge in [-0.2, -0.15) is 0 Å². The molecule has 7 aromatic rings. The van der Waals surface area contributed by atoms with Gasteiger partial charge in [0.15, 0.2) is 0 Å². The van der Waals surface area contributed by atoms with Crippen LogP contribution in [0, 0.1) is 73.5 Å². The van der Waals surface area contributed by atoms with Crippen molar-refractivity contribution >= 4 is 96.1 Å². The number of carbonyl (C=O) groups excluding carboxylic acids is 1. The van der Waals surface area contributed by atoms with Crippen LogP contribution in [-0.2, 0) is 26.6 Å². The Kier molecular flexibility index (Phi) is 18.3. The summed E-state index contributed by atoms with van der Waals surface area (Å²) in [6.45, 7) is 0. The molecule has 10 saturated carbocycles. The first-order valence-electron chi connectivity index (χ1n) is 32.3. The highest BCUT2D eigenvalue weighted by atomic mass is 127. The minimum atomic E-state index is -0.507. The lowest BCUT2D eigenvalue weighted by molar-refractivity contribution is -0.121. The second-order valence-corrected chi connectivity index (χ2v) is 32.9. The van der Waals surface area contributed by atoms with E-state index < -0.39 is 5.60 Å². The van der Waals surface area contributed by atoms with Gasteiger partial charge in [0.2, 0.25) is 0 Å². The first kappa shape index (κ1) is 61.4. The summed E-state index contributed by atoms with van der Waals surface area (Å²) in [7, 11) is 0. The normalized spacial score (nSPS) is 33.3. The molecule has 10 bridgehead atoms. The van der Waals surface area contributed by atoms with E-state index in [1.807, 2.05) is 36.4 Å². The quantitative estimate of drug-likeness (QED) is 0.119. The van der Waals surface area contributed by atoms with E-state index in [0.29, 0.717) is 34.9 Å². The Labute approximate surface area is 565 Å². The lowest BCUT2D eigenvalue weighted by Gasteiger charge is -2.39. The van der Waals surface area contributed by atoms with E-state index in [2.05, 4.69) is 224 Å². The van der Waals surface area contributed by atoms with Crippen molar-refractivity contribution < 1.29 is 25.2 Å². The number of aromatic hydroxyl groups is 3. The van der Waals surface area contributed by atoms with E-state index in [1.54, 1.807) is 0 Å². The highest BCUT2D eigenvalue weighted by Crippen LogP contribution is 2.63. The van der Waals surface area contributed by atoms with Gasteiger partial charge in [0.05, 0.1) is 5.60 Å². The molecule has 0 aromatic heterocycles. The standard InChI is InChI=1S/3C19H19IO.C13H15IO.C7H10O/c3*20-17-7-3-14(4-8-17)19(12-13-1-2-16(19)11-13)15-5-9-18(21)10-6-15;14-12-5-3-10(4-6-12)13(15)8-9-1-2-11(13)7-9;8-7-4-5-1-2-6(7)3-5/h3*3-10,13,16,21H,1-2,11-12H2;3-6,9,11,15H,1-2,7-8H2;5-6H,1-4H2/t2*13?,16?,19-;;;/m10.../s1. The number of fused-ring (bicyclic) bond motifs is 10. The van der Waals surface area contributed by atoms with Gasteiger partial charge in [0, 0.05) is 42.9 Å². The van der Waals surface area contributed by atoms with E-state index in [9.17, 15) is 25.2 Å². The molecule has 9 heteroatoms. The van der Waals surface area contributed by atoms with Gasteiger partial charge < -0.3 is 20.4 Å². The van der Waals surface area contributed by atoms with Crippen molar-refractivity contribution in [3.05, 3.63) is 223 Å². The molecule has 14 atom stereocenters. The van der Waals surface area contributed by atoms with E-state index in [1.165, 1.54) is 163 Å². The fraction of sp³-hybridized carbons (Fsp3) is 0.442. The highest BCUT2D eigenvalue weighted by molar-refractivity contribution is 14.1. The molecule has 17 rings (SSSR count). The minimum Gasteiger partial charge on any atom is -0.508 e. The van der Waals surface area contributed by atoms with Crippen LogP contribution in [-0.4, -0.2) is 26.2 Å². The Morgan fingerprint density at radius 1 is 0.302 bits per heavy atom. The summed E-state index contributed by atoms with van der Waals surface area (Å²) in [6.07, 6.45) is 25.6. The number of hydrogen-bond donors (Lipinski definition) is 4. The molecule has 0 radical (unpaired) electrons. The zero-order valence-corrected chi connectivity index (χ0v) is 57.9. The van der Waals surface area contributed by atoms with Crippen LogP contribution in [0.5, 0.6) is 17.2 Å². The Morgan fingerprint density at radius 3 is 0.779 bits per heavy atom. The summed E-state index contributed by atoms with van der Waals surface area (Å²) < 4.78 is 5.11. The van der Waals surface area contributed by atoms with Crippen molar-refractivity contribution in [3.8, 4) is 17.2 Å². The molecule has 4 N–H and O–H groups in total. The maximum Gasteiger partial charge on any atom is 0.136 e. The molecular formula is C77H82I4O5. The number of aliphatic hydroxyl groups is 1. The SMILES string of the molecule is O=C1CC2CCC1C2.OC1(c2ccc(I)cc2)CC2CCC1C2.Oc1ccc(C2(c3ccc(I)cc3)CC3CCC2C3)cc1.Oc1ccc([C@@]2(c3ccc(I)cc3)CC3CCC2C3)cc1.Oc1ccc([C@]2(c3ccc(I)cc3)CC3CCC2C3)cc1. The van der Waals surface area contributed by atoms with E-state index in [4.69, 9.17) is 0 Å². The van der Waals surface area contributed by atoms with Crippen molar-refractivity contribution in [1.29, 1.82) is 0 Å². The molecule has 12 unspecified atom stereocenters. The number of rotatable bonds is 7. The molecule has 10 fully saturated rings. The highest BCUT2D eigenvalue weighted by Gasteiger charge is 2.56. The van der Waals surface area contributed by atoms with Gasteiger partial charge in [-0.3, -0.25) is 4.79 Å². The number of hydrogen-bond acceptors (Lipinski definition) is 5. The molecule has 5 nitrogen and oxygen atoms in total. The van der Waals surface area contributed by atoms with Crippen LogP contribution >= 0.6 is 90.4 Å². The zero-order chi connectivity index (χ0) is 59.4. The second-order valence-electron chi connectivity index (χ2n) is 27.9. The average Bonchev–Trinajstić information content (AvgIpc) is 1.61.